The molecule has 1 atom stereocenters. The number of likely N-dealkylation sites (tertiary alicyclic amines) is 1. The van der Waals surface area contributed by atoms with E-state index in [-0.39, 0.29) is 11.9 Å². The van der Waals surface area contributed by atoms with Crippen molar-refractivity contribution in [3.05, 3.63) is 41.0 Å². The molecule has 0 radical (unpaired) electrons. The molecule has 1 unspecified atom stereocenters. The fourth-order valence-corrected chi connectivity index (χ4v) is 3.19. The Morgan fingerprint density at radius 1 is 1.26 bits per heavy atom. The van der Waals surface area contributed by atoms with Crippen molar-refractivity contribution < 1.29 is 9.53 Å². The molecule has 23 heavy (non-hydrogen) atoms. The summed E-state index contributed by atoms with van der Waals surface area (Å²) in [5, 5.41) is 4.55. The smallest absolute Gasteiger partial charge is 0.257 e. The standard InChI is InChI=1S/C17H22N4O2/c1-11-8-15(16(23-4)9-18-11)17(22)20-6-5-14(10-20)21-13(3)7-12(2)19-21/h7-9,14H,5-6,10H2,1-4H3. The molecule has 2 aromatic rings. The summed E-state index contributed by atoms with van der Waals surface area (Å²) < 4.78 is 7.33. The molecule has 6 heteroatoms. The number of hydrogen-bond donors (Lipinski definition) is 0. The van der Waals surface area contributed by atoms with Crippen LogP contribution in [0.3, 0.4) is 0 Å². The van der Waals surface area contributed by atoms with Crippen molar-refractivity contribution >= 4 is 5.91 Å². The third-order valence-corrected chi connectivity index (χ3v) is 4.30. The lowest BCUT2D eigenvalue weighted by Gasteiger charge is -2.19. The predicted octanol–water partition coefficient (Wildman–Crippen LogP) is 2.30. The predicted molar refractivity (Wildman–Crippen MR) is 86.8 cm³/mol. The Balaban J connectivity index is 1.80. The Morgan fingerprint density at radius 3 is 2.70 bits per heavy atom. The lowest BCUT2D eigenvalue weighted by Crippen LogP contribution is -2.30. The molecule has 0 bridgehead atoms. The zero-order valence-electron chi connectivity index (χ0n) is 14.0. The second kappa shape index (κ2) is 6.02. The molecule has 3 heterocycles. The number of carbonyl (C=O) groups is 1. The summed E-state index contributed by atoms with van der Waals surface area (Å²) >= 11 is 0. The number of pyridine rings is 1. The van der Waals surface area contributed by atoms with Gasteiger partial charge < -0.3 is 9.64 Å². The minimum absolute atomic E-state index is 0.00335. The number of carbonyl (C=O) groups excluding carboxylic acids is 1. The first-order chi connectivity index (χ1) is 11.0. The Labute approximate surface area is 136 Å². The van der Waals surface area contributed by atoms with E-state index < -0.39 is 0 Å². The summed E-state index contributed by atoms with van der Waals surface area (Å²) in [6, 6.07) is 4.10. The van der Waals surface area contributed by atoms with E-state index in [9.17, 15) is 4.79 Å². The first-order valence-corrected chi connectivity index (χ1v) is 7.82. The molecule has 1 aliphatic rings. The van der Waals surface area contributed by atoms with E-state index in [1.54, 1.807) is 19.4 Å². The number of methoxy groups -OCH3 is 1. The summed E-state index contributed by atoms with van der Waals surface area (Å²) in [5.41, 5.74) is 3.54. The minimum Gasteiger partial charge on any atom is -0.494 e. The average Bonchev–Trinajstić information content (AvgIpc) is 3.12. The number of aryl methyl sites for hydroxylation is 3. The topological polar surface area (TPSA) is 60.2 Å². The maximum Gasteiger partial charge on any atom is 0.257 e. The summed E-state index contributed by atoms with van der Waals surface area (Å²) in [6.45, 7) is 7.32. The van der Waals surface area contributed by atoms with Crippen molar-refractivity contribution in [3.63, 3.8) is 0 Å². The van der Waals surface area contributed by atoms with E-state index in [0.29, 0.717) is 17.9 Å². The second-order valence-corrected chi connectivity index (χ2v) is 6.09. The monoisotopic (exact) mass is 314 g/mol. The van der Waals surface area contributed by atoms with Gasteiger partial charge in [-0.2, -0.15) is 5.10 Å². The quantitative estimate of drug-likeness (QED) is 0.872. The van der Waals surface area contributed by atoms with Gasteiger partial charge in [0.25, 0.3) is 5.91 Å². The number of rotatable bonds is 3. The van der Waals surface area contributed by atoms with Crippen LogP contribution in [0.2, 0.25) is 0 Å². The summed E-state index contributed by atoms with van der Waals surface area (Å²) in [7, 11) is 1.56. The number of aromatic nitrogens is 3. The normalized spacial score (nSPS) is 17.6. The van der Waals surface area contributed by atoms with Gasteiger partial charge in [0.05, 0.1) is 30.6 Å². The van der Waals surface area contributed by atoms with Crippen LogP contribution < -0.4 is 4.74 Å². The average molecular weight is 314 g/mol. The summed E-state index contributed by atoms with van der Waals surface area (Å²) in [5.74, 6) is 0.520. The first kappa shape index (κ1) is 15.5. The van der Waals surface area contributed by atoms with Gasteiger partial charge in [-0.25, -0.2) is 0 Å². The molecule has 0 saturated carbocycles. The number of amides is 1. The van der Waals surface area contributed by atoms with Crippen LogP contribution in [-0.2, 0) is 0 Å². The highest BCUT2D eigenvalue weighted by atomic mass is 16.5. The van der Waals surface area contributed by atoms with Crippen molar-refractivity contribution in [1.29, 1.82) is 0 Å². The van der Waals surface area contributed by atoms with Crippen LogP contribution in [0.5, 0.6) is 5.75 Å². The van der Waals surface area contributed by atoms with Crippen LogP contribution in [0.4, 0.5) is 0 Å². The lowest BCUT2D eigenvalue weighted by atomic mass is 10.2. The molecule has 122 valence electrons. The van der Waals surface area contributed by atoms with Crippen molar-refractivity contribution in [2.24, 2.45) is 0 Å². The molecule has 0 spiro atoms. The molecule has 1 fully saturated rings. The third-order valence-electron chi connectivity index (χ3n) is 4.30. The van der Waals surface area contributed by atoms with E-state index in [1.807, 2.05) is 23.4 Å². The maximum absolute atomic E-state index is 12.8. The number of ether oxygens (including phenoxy) is 1. The molecule has 3 rings (SSSR count). The van der Waals surface area contributed by atoms with Crippen molar-refractivity contribution in [2.75, 3.05) is 20.2 Å². The van der Waals surface area contributed by atoms with E-state index in [0.717, 1.165) is 30.0 Å². The molecule has 1 saturated heterocycles. The summed E-state index contributed by atoms with van der Waals surface area (Å²) in [4.78, 5) is 18.9. The zero-order valence-corrected chi connectivity index (χ0v) is 14.0. The Morgan fingerprint density at radius 2 is 2.04 bits per heavy atom. The highest BCUT2D eigenvalue weighted by molar-refractivity contribution is 5.97. The lowest BCUT2D eigenvalue weighted by molar-refractivity contribution is 0.0783. The van der Waals surface area contributed by atoms with E-state index in [4.69, 9.17) is 4.74 Å². The molecular formula is C17H22N4O2. The van der Waals surface area contributed by atoms with Gasteiger partial charge >= 0.3 is 0 Å². The fourth-order valence-electron chi connectivity index (χ4n) is 3.19. The van der Waals surface area contributed by atoms with E-state index in [1.165, 1.54) is 0 Å². The third kappa shape index (κ3) is 2.93. The molecule has 1 aliphatic heterocycles. The van der Waals surface area contributed by atoms with Gasteiger partial charge in [0.1, 0.15) is 5.75 Å². The largest absolute Gasteiger partial charge is 0.494 e. The van der Waals surface area contributed by atoms with Crippen LogP contribution in [0.1, 0.15) is 39.9 Å². The van der Waals surface area contributed by atoms with Crippen LogP contribution in [-0.4, -0.2) is 45.8 Å². The van der Waals surface area contributed by atoms with Gasteiger partial charge in [-0.15, -0.1) is 0 Å². The van der Waals surface area contributed by atoms with Crippen LogP contribution in [0.25, 0.3) is 0 Å². The first-order valence-electron chi connectivity index (χ1n) is 7.82. The van der Waals surface area contributed by atoms with Crippen molar-refractivity contribution in [2.45, 2.75) is 33.2 Å². The SMILES string of the molecule is COc1cnc(C)cc1C(=O)N1CCC(n2nc(C)cc2C)C1. The Kier molecular flexibility index (Phi) is 4.07. The Hall–Kier alpha value is -2.37. The van der Waals surface area contributed by atoms with Crippen LogP contribution >= 0.6 is 0 Å². The van der Waals surface area contributed by atoms with Gasteiger partial charge in [0.15, 0.2) is 0 Å². The zero-order chi connectivity index (χ0) is 16.6. The second-order valence-electron chi connectivity index (χ2n) is 6.09. The van der Waals surface area contributed by atoms with Gasteiger partial charge in [0, 0.05) is 24.5 Å². The van der Waals surface area contributed by atoms with Crippen LogP contribution in [0, 0.1) is 20.8 Å². The molecule has 0 aromatic carbocycles. The molecule has 0 N–H and O–H groups in total. The summed E-state index contributed by atoms with van der Waals surface area (Å²) in [6.07, 6.45) is 2.53. The van der Waals surface area contributed by atoms with Crippen molar-refractivity contribution in [1.82, 2.24) is 19.7 Å². The van der Waals surface area contributed by atoms with Gasteiger partial charge in [-0.3, -0.25) is 14.5 Å². The number of nitrogens with zero attached hydrogens (tertiary/aromatic N) is 4. The van der Waals surface area contributed by atoms with Crippen molar-refractivity contribution in [3.8, 4) is 5.75 Å². The molecule has 2 aromatic heterocycles. The van der Waals surface area contributed by atoms with Gasteiger partial charge in [-0.05, 0) is 39.3 Å². The molecule has 6 nitrogen and oxygen atoms in total. The highest BCUT2D eigenvalue weighted by Gasteiger charge is 2.30. The molecule has 0 aliphatic carbocycles. The minimum atomic E-state index is -0.00335. The molecular weight excluding hydrogens is 292 g/mol. The Bertz CT molecular complexity index is 738. The van der Waals surface area contributed by atoms with Gasteiger partial charge in [-0.1, -0.05) is 0 Å². The maximum atomic E-state index is 12.8. The molecule has 1 amide bonds. The fraction of sp³-hybridized carbons (Fsp3) is 0.471. The van der Waals surface area contributed by atoms with Gasteiger partial charge in [0.2, 0.25) is 0 Å². The number of hydrogen-bond acceptors (Lipinski definition) is 4. The van der Waals surface area contributed by atoms with Crippen LogP contribution in [0.15, 0.2) is 18.3 Å². The van der Waals surface area contributed by atoms with E-state index in [2.05, 4.69) is 23.1 Å². The highest BCUT2D eigenvalue weighted by Crippen LogP contribution is 2.27. The van der Waals surface area contributed by atoms with E-state index >= 15 is 0 Å².